The molecule has 0 fully saturated rings. The van der Waals surface area contributed by atoms with Crippen molar-refractivity contribution in [1.29, 1.82) is 5.26 Å². The Balaban J connectivity index is 1.89. The summed E-state index contributed by atoms with van der Waals surface area (Å²) in [5, 5.41) is 11.5. The number of nitriles is 1. The van der Waals surface area contributed by atoms with Gasteiger partial charge in [-0.25, -0.2) is 8.42 Å². The van der Waals surface area contributed by atoms with E-state index in [1.54, 1.807) is 60.7 Å². The number of nitrogens with zero attached hydrogens (tertiary/aromatic N) is 2. The number of carbonyl (C=O) groups excluding carboxylic acids is 1. The molecular weight excluding hydrogens is 478 g/mol. The van der Waals surface area contributed by atoms with E-state index < -0.39 is 22.5 Å². The molecule has 0 saturated carbocycles. The molecule has 0 aliphatic carbocycles. The first-order chi connectivity index (χ1) is 14.8. The number of nitrogens with one attached hydrogen (secondary N) is 1. The molecule has 158 valence electrons. The Bertz CT molecular complexity index is 1220. The Kier molecular flexibility index (Phi) is 7.10. The van der Waals surface area contributed by atoms with E-state index in [2.05, 4.69) is 27.3 Å². The van der Waals surface area contributed by atoms with Gasteiger partial charge in [0, 0.05) is 10.2 Å². The van der Waals surface area contributed by atoms with Gasteiger partial charge in [0.15, 0.2) is 0 Å². The second-order valence-electron chi connectivity index (χ2n) is 6.88. The van der Waals surface area contributed by atoms with Gasteiger partial charge in [-0.3, -0.25) is 9.10 Å². The van der Waals surface area contributed by atoms with Crippen LogP contribution in [0, 0.1) is 18.3 Å². The van der Waals surface area contributed by atoms with Gasteiger partial charge in [0.05, 0.1) is 23.1 Å². The third-order valence-corrected chi connectivity index (χ3v) is 6.79. The zero-order valence-corrected chi connectivity index (χ0v) is 19.2. The summed E-state index contributed by atoms with van der Waals surface area (Å²) in [7, 11) is -3.97. The van der Waals surface area contributed by atoms with Crippen LogP contribution in [0.5, 0.6) is 0 Å². The maximum Gasteiger partial charge on any atom is 0.264 e. The standard InChI is InChI=1S/C23H20BrN3O3S/c1-17-5-11-22(12-6-17)31(29,30)27(21-4-2-3-19(24)15-21)16-23(28)26-20-9-7-18(8-10-20)13-14-25/h2-12,15H,13,16H2,1H3,(H,26,28). The van der Waals surface area contributed by atoms with E-state index in [1.807, 2.05) is 6.92 Å². The fourth-order valence-corrected chi connectivity index (χ4v) is 4.71. The molecule has 0 saturated heterocycles. The lowest BCUT2D eigenvalue weighted by molar-refractivity contribution is -0.114. The molecule has 6 nitrogen and oxygen atoms in total. The van der Waals surface area contributed by atoms with E-state index in [4.69, 9.17) is 5.26 Å². The van der Waals surface area contributed by atoms with Crippen molar-refractivity contribution < 1.29 is 13.2 Å². The molecule has 0 heterocycles. The summed E-state index contributed by atoms with van der Waals surface area (Å²) in [5.41, 5.74) is 2.66. The minimum Gasteiger partial charge on any atom is -0.325 e. The summed E-state index contributed by atoms with van der Waals surface area (Å²) in [6, 6.07) is 22.2. The van der Waals surface area contributed by atoms with Crippen molar-refractivity contribution >= 4 is 43.2 Å². The number of sulfonamides is 1. The highest BCUT2D eigenvalue weighted by Gasteiger charge is 2.27. The maximum absolute atomic E-state index is 13.4. The molecule has 0 aliphatic heterocycles. The Hall–Kier alpha value is -3.15. The monoisotopic (exact) mass is 497 g/mol. The summed E-state index contributed by atoms with van der Waals surface area (Å²) in [5.74, 6) is -0.483. The van der Waals surface area contributed by atoms with Gasteiger partial charge in [-0.2, -0.15) is 5.26 Å². The van der Waals surface area contributed by atoms with Gasteiger partial charge < -0.3 is 5.32 Å². The van der Waals surface area contributed by atoms with E-state index in [0.717, 1.165) is 15.4 Å². The Morgan fingerprint density at radius 3 is 2.35 bits per heavy atom. The second-order valence-corrected chi connectivity index (χ2v) is 9.66. The van der Waals surface area contributed by atoms with Crippen LogP contribution >= 0.6 is 15.9 Å². The van der Waals surface area contributed by atoms with Crippen LogP contribution in [0.15, 0.2) is 82.2 Å². The third kappa shape index (κ3) is 5.72. The Morgan fingerprint density at radius 1 is 1.06 bits per heavy atom. The third-order valence-electron chi connectivity index (χ3n) is 4.51. The van der Waals surface area contributed by atoms with Crippen LogP contribution < -0.4 is 9.62 Å². The van der Waals surface area contributed by atoms with Crippen LogP contribution in [0.25, 0.3) is 0 Å². The first-order valence-corrected chi connectivity index (χ1v) is 11.6. The van der Waals surface area contributed by atoms with Crippen molar-refractivity contribution in [3.05, 3.63) is 88.4 Å². The predicted octanol–water partition coefficient (Wildman–Crippen LogP) is 4.66. The number of hydrogen-bond acceptors (Lipinski definition) is 4. The molecule has 3 aromatic rings. The molecule has 0 radical (unpaired) electrons. The van der Waals surface area contributed by atoms with Gasteiger partial charge in [0.2, 0.25) is 5.91 Å². The highest BCUT2D eigenvalue weighted by Crippen LogP contribution is 2.26. The van der Waals surface area contributed by atoms with Crippen LogP contribution in [-0.2, 0) is 21.2 Å². The van der Waals surface area contributed by atoms with Crippen molar-refractivity contribution in [2.45, 2.75) is 18.2 Å². The van der Waals surface area contributed by atoms with Crippen molar-refractivity contribution in [3.8, 4) is 6.07 Å². The van der Waals surface area contributed by atoms with E-state index in [9.17, 15) is 13.2 Å². The molecule has 31 heavy (non-hydrogen) atoms. The van der Waals surface area contributed by atoms with Gasteiger partial charge in [0.25, 0.3) is 10.0 Å². The summed E-state index contributed by atoms with van der Waals surface area (Å²) in [6.45, 7) is 1.48. The lowest BCUT2D eigenvalue weighted by Gasteiger charge is -2.24. The second kappa shape index (κ2) is 9.77. The molecule has 3 rings (SSSR count). The highest BCUT2D eigenvalue weighted by atomic mass is 79.9. The fraction of sp³-hybridized carbons (Fsp3) is 0.130. The van der Waals surface area contributed by atoms with E-state index >= 15 is 0 Å². The zero-order chi connectivity index (χ0) is 22.4. The molecule has 0 aliphatic rings. The average Bonchev–Trinajstić information content (AvgIpc) is 2.74. The largest absolute Gasteiger partial charge is 0.325 e. The maximum atomic E-state index is 13.4. The summed E-state index contributed by atoms with van der Waals surface area (Å²) in [4.78, 5) is 12.8. The molecular formula is C23H20BrN3O3S. The topological polar surface area (TPSA) is 90.3 Å². The van der Waals surface area contributed by atoms with Gasteiger partial charge >= 0.3 is 0 Å². The van der Waals surface area contributed by atoms with Gasteiger partial charge in [0.1, 0.15) is 6.54 Å². The van der Waals surface area contributed by atoms with Gasteiger partial charge in [-0.15, -0.1) is 0 Å². The zero-order valence-electron chi connectivity index (χ0n) is 16.7. The van der Waals surface area contributed by atoms with E-state index in [0.29, 0.717) is 15.8 Å². The predicted molar refractivity (Wildman–Crippen MR) is 124 cm³/mol. The van der Waals surface area contributed by atoms with Crippen LogP contribution in [0.2, 0.25) is 0 Å². The number of amides is 1. The number of benzene rings is 3. The number of hydrogen-bond donors (Lipinski definition) is 1. The van der Waals surface area contributed by atoms with E-state index in [-0.39, 0.29) is 11.3 Å². The lowest BCUT2D eigenvalue weighted by Crippen LogP contribution is -2.38. The average molecular weight is 498 g/mol. The number of aryl methyl sites for hydroxylation is 1. The van der Waals surface area contributed by atoms with Gasteiger partial charge in [-0.1, -0.05) is 51.8 Å². The van der Waals surface area contributed by atoms with Crippen LogP contribution in [0.1, 0.15) is 11.1 Å². The number of rotatable bonds is 7. The van der Waals surface area contributed by atoms with Crippen LogP contribution in [-0.4, -0.2) is 20.9 Å². The van der Waals surface area contributed by atoms with Gasteiger partial charge in [-0.05, 0) is 55.0 Å². The fourth-order valence-electron chi connectivity index (χ4n) is 2.91. The minimum atomic E-state index is -3.97. The summed E-state index contributed by atoms with van der Waals surface area (Å²) in [6.07, 6.45) is 0.277. The Labute approximate surface area is 190 Å². The number of halogens is 1. The molecule has 1 N–H and O–H groups in total. The molecule has 8 heteroatoms. The summed E-state index contributed by atoms with van der Waals surface area (Å²) >= 11 is 3.36. The lowest BCUT2D eigenvalue weighted by atomic mass is 10.1. The first kappa shape index (κ1) is 22.5. The highest BCUT2D eigenvalue weighted by molar-refractivity contribution is 9.10. The summed E-state index contributed by atoms with van der Waals surface area (Å²) < 4.78 is 28.5. The Morgan fingerprint density at radius 2 is 1.74 bits per heavy atom. The number of anilines is 2. The smallest absolute Gasteiger partial charge is 0.264 e. The first-order valence-electron chi connectivity index (χ1n) is 9.40. The normalized spacial score (nSPS) is 10.9. The van der Waals surface area contributed by atoms with Crippen LogP contribution in [0.3, 0.4) is 0 Å². The van der Waals surface area contributed by atoms with Crippen LogP contribution in [0.4, 0.5) is 11.4 Å². The molecule has 0 unspecified atom stereocenters. The van der Waals surface area contributed by atoms with E-state index in [1.165, 1.54) is 12.1 Å². The molecule has 3 aromatic carbocycles. The molecule has 0 atom stereocenters. The SMILES string of the molecule is Cc1ccc(S(=O)(=O)N(CC(=O)Nc2ccc(CC#N)cc2)c2cccc(Br)c2)cc1. The quantitative estimate of drug-likeness (QED) is 0.513. The van der Waals surface area contributed by atoms with Crippen molar-refractivity contribution in [3.63, 3.8) is 0 Å². The molecule has 0 aromatic heterocycles. The molecule has 1 amide bonds. The molecule has 0 bridgehead atoms. The molecule has 0 spiro atoms. The van der Waals surface area contributed by atoms with Crippen molar-refractivity contribution in [2.24, 2.45) is 0 Å². The minimum absolute atomic E-state index is 0.103. The van der Waals surface area contributed by atoms with Crippen molar-refractivity contribution in [2.75, 3.05) is 16.2 Å². The van der Waals surface area contributed by atoms with Crippen molar-refractivity contribution in [1.82, 2.24) is 0 Å². The number of carbonyl (C=O) groups is 1.